The molecule has 0 radical (unpaired) electrons. The average Bonchev–Trinajstić information content (AvgIpc) is 2.37. The maximum Gasteiger partial charge on any atom is 0.0547 e. The summed E-state index contributed by atoms with van der Waals surface area (Å²) in [6.45, 7) is 14.5. The molecular formula is C18H31N3. The van der Waals surface area contributed by atoms with Crippen LogP contribution < -0.4 is 5.32 Å². The van der Waals surface area contributed by atoms with Gasteiger partial charge >= 0.3 is 0 Å². The Hall–Kier alpha value is -0.930. The Morgan fingerprint density at radius 3 is 2.52 bits per heavy atom. The molecule has 3 nitrogen and oxygen atoms in total. The highest BCUT2D eigenvalue weighted by atomic mass is 15.1. The molecule has 0 bridgehead atoms. The van der Waals surface area contributed by atoms with Gasteiger partial charge in [0.05, 0.1) is 11.4 Å². The summed E-state index contributed by atoms with van der Waals surface area (Å²) in [5.74, 6) is 2.30. The molecule has 1 saturated heterocycles. The molecule has 0 saturated carbocycles. The Balaban J connectivity index is 1.88. The van der Waals surface area contributed by atoms with Crippen LogP contribution in [0, 0.1) is 17.8 Å². The maximum absolute atomic E-state index is 4.81. The van der Waals surface area contributed by atoms with E-state index in [-0.39, 0.29) is 0 Å². The van der Waals surface area contributed by atoms with Crippen LogP contribution in [0.15, 0.2) is 18.2 Å². The highest BCUT2D eigenvalue weighted by Crippen LogP contribution is 2.22. The molecule has 118 valence electrons. The first-order chi connectivity index (χ1) is 10.0. The van der Waals surface area contributed by atoms with Gasteiger partial charge in [0.1, 0.15) is 0 Å². The van der Waals surface area contributed by atoms with Crippen molar-refractivity contribution in [2.75, 3.05) is 19.6 Å². The summed E-state index contributed by atoms with van der Waals surface area (Å²) in [7, 11) is 0. The van der Waals surface area contributed by atoms with Gasteiger partial charge in [-0.3, -0.25) is 9.88 Å². The predicted octanol–water partition coefficient (Wildman–Crippen LogP) is 3.31. The van der Waals surface area contributed by atoms with Gasteiger partial charge in [-0.2, -0.15) is 0 Å². The number of aromatic nitrogens is 1. The third-order valence-electron chi connectivity index (χ3n) is 4.05. The number of likely N-dealkylation sites (tertiary alicyclic amines) is 1. The minimum absolute atomic E-state index is 0.685. The lowest BCUT2D eigenvalue weighted by molar-refractivity contribution is 0.133. The first-order valence-electron chi connectivity index (χ1n) is 8.40. The van der Waals surface area contributed by atoms with Gasteiger partial charge in [-0.25, -0.2) is 0 Å². The smallest absolute Gasteiger partial charge is 0.0547 e. The summed E-state index contributed by atoms with van der Waals surface area (Å²) in [5.41, 5.74) is 2.37. The Labute approximate surface area is 130 Å². The van der Waals surface area contributed by atoms with Gasteiger partial charge in [0.15, 0.2) is 0 Å². The molecule has 1 fully saturated rings. The second-order valence-corrected chi connectivity index (χ2v) is 7.29. The molecule has 0 aliphatic carbocycles. The molecule has 2 heterocycles. The molecule has 1 aromatic rings. The second-order valence-electron chi connectivity index (χ2n) is 7.29. The zero-order chi connectivity index (χ0) is 15.2. The van der Waals surface area contributed by atoms with Crippen molar-refractivity contribution in [1.29, 1.82) is 0 Å². The number of hydrogen-bond acceptors (Lipinski definition) is 3. The molecule has 1 N–H and O–H groups in total. The van der Waals surface area contributed by atoms with Crippen LogP contribution in [0.5, 0.6) is 0 Å². The van der Waals surface area contributed by atoms with Crippen molar-refractivity contribution in [3.05, 3.63) is 29.6 Å². The van der Waals surface area contributed by atoms with Crippen LogP contribution in [-0.2, 0) is 13.1 Å². The van der Waals surface area contributed by atoms with Crippen LogP contribution in [0.25, 0.3) is 0 Å². The molecule has 1 aliphatic rings. The molecule has 3 heteroatoms. The van der Waals surface area contributed by atoms with E-state index in [1.807, 2.05) is 0 Å². The molecule has 1 aromatic heterocycles. The summed E-state index contributed by atoms with van der Waals surface area (Å²) in [6, 6.07) is 6.43. The third-order valence-corrected chi connectivity index (χ3v) is 4.05. The van der Waals surface area contributed by atoms with Crippen molar-refractivity contribution in [1.82, 2.24) is 15.2 Å². The largest absolute Gasteiger partial charge is 0.311 e. The number of pyridine rings is 1. The van der Waals surface area contributed by atoms with Gasteiger partial charge in [0.25, 0.3) is 0 Å². The first kappa shape index (κ1) is 16.4. The first-order valence-corrected chi connectivity index (χ1v) is 8.40. The summed E-state index contributed by atoms with van der Waals surface area (Å²) in [4.78, 5) is 7.37. The van der Waals surface area contributed by atoms with E-state index in [2.05, 4.69) is 56.1 Å². The molecule has 21 heavy (non-hydrogen) atoms. The molecular weight excluding hydrogens is 258 g/mol. The van der Waals surface area contributed by atoms with Gasteiger partial charge < -0.3 is 5.32 Å². The van der Waals surface area contributed by atoms with E-state index in [4.69, 9.17) is 4.98 Å². The SMILES string of the molecule is CC(C)CNCc1cccc(CN2CC(C)CC(C)C2)n1. The van der Waals surface area contributed by atoms with Crippen LogP contribution in [-0.4, -0.2) is 29.5 Å². The topological polar surface area (TPSA) is 28.2 Å². The lowest BCUT2D eigenvalue weighted by atomic mass is 9.92. The minimum atomic E-state index is 0.685. The van der Waals surface area contributed by atoms with Crippen molar-refractivity contribution < 1.29 is 0 Å². The molecule has 0 spiro atoms. The number of rotatable bonds is 6. The Kier molecular flexibility index (Phi) is 6.19. The van der Waals surface area contributed by atoms with E-state index in [9.17, 15) is 0 Å². The highest BCUT2D eigenvalue weighted by Gasteiger charge is 2.21. The fourth-order valence-corrected chi connectivity index (χ4v) is 3.35. The van der Waals surface area contributed by atoms with E-state index in [1.165, 1.54) is 25.2 Å². The van der Waals surface area contributed by atoms with Crippen LogP contribution in [0.2, 0.25) is 0 Å². The van der Waals surface area contributed by atoms with Crippen LogP contribution in [0.4, 0.5) is 0 Å². The van der Waals surface area contributed by atoms with Crippen molar-refractivity contribution in [2.24, 2.45) is 17.8 Å². The number of nitrogens with one attached hydrogen (secondary N) is 1. The van der Waals surface area contributed by atoms with Crippen molar-refractivity contribution in [2.45, 2.75) is 47.2 Å². The van der Waals surface area contributed by atoms with Gasteiger partial charge in [0.2, 0.25) is 0 Å². The summed E-state index contributed by atoms with van der Waals surface area (Å²) >= 11 is 0. The monoisotopic (exact) mass is 289 g/mol. The van der Waals surface area contributed by atoms with Crippen molar-refractivity contribution in [3.63, 3.8) is 0 Å². The summed E-state index contributed by atoms with van der Waals surface area (Å²) in [6.07, 6.45) is 1.36. The quantitative estimate of drug-likeness (QED) is 0.871. The normalized spacial score (nSPS) is 23.7. The van der Waals surface area contributed by atoms with Crippen molar-refractivity contribution >= 4 is 0 Å². The van der Waals surface area contributed by atoms with E-state index in [0.29, 0.717) is 5.92 Å². The highest BCUT2D eigenvalue weighted by molar-refractivity contribution is 5.11. The van der Waals surface area contributed by atoms with Gasteiger partial charge in [0, 0.05) is 26.2 Å². The van der Waals surface area contributed by atoms with E-state index in [1.54, 1.807) is 0 Å². The third kappa shape index (κ3) is 5.76. The van der Waals surface area contributed by atoms with Crippen molar-refractivity contribution in [3.8, 4) is 0 Å². The van der Waals surface area contributed by atoms with Gasteiger partial charge in [-0.1, -0.05) is 33.8 Å². The molecule has 1 aliphatic heterocycles. The van der Waals surface area contributed by atoms with Crippen LogP contribution in [0.3, 0.4) is 0 Å². The molecule has 2 atom stereocenters. The zero-order valence-electron chi connectivity index (χ0n) is 14.1. The zero-order valence-corrected chi connectivity index (χ0v) is 14.1. The standard InChI is InChI=1S/C18H31N3/c1-14(2)9-19-10-17-6-5-7-18(20-17)13-21-11-15(3)8-16(4)12-21/h5-7,14-16,19H,8-13H2,1-4H3. The number of hydrogen-bond donors (Lipinski definition) is 1. The Morgan fingerprint density at radius 1 is 1.19 bits per heavy atom. The van der Waals surface area contributed by atoms with E-state index in [0.717, 1.165) is 37.2 Å². The average molecular weight is 289 g/mol. The van der Waals surface area contributed by atoms with Gasteiger partial charge in [-0.15, -0.1) is 0 Å². The predicted molar refractivity (Wildman–Crippen MR) is 89.0 cm³/mol. The molecule has 2 unspecified atom stereocenters. The van der Waals surface area contributed by atoms with Crippen LogP contribution >= 0.6 is 0 Å². The lowest BCUT2D eigenvalue weighted by Crippen LogP contribution is -2.38. The molecule has 0 aromatic carbocycles. The second kappa shape index (κ2) is 7.90. The minimum Gasteiger partial charge on any atom is -0.311 e. The maximum atomic E-state index is 4.81. The van der Waals surface area contributed by atoms with Gasteiger partial charge in [-0.05, 0) is 42.9 Å². The van der Waals surface area contributed by atoms with E-state index < -0.39 is 0 Å². The van der Waals surface area contributed by atoms with E-state index >= 15 is 0 Å². The summed E-state index contributed by atoms with van der Waals surface area (Å²) in [5, 5.41) is 3.47. The Bertz CT molecular complexity index is 420. The number of nitrogens with zero attached hydrogens (tertiary/aromatic N) is 2. The lowest BCUT2D eigenvalue weighted by Gasteiger charge is -2.34. The molecule has 0 amide bonds. The fourth-order valence-electron chi connectivity index (χ4n) is 3.35. The molecule has 2 rings (SSSR count). The summed E-state index contributed by atoms with van der Waals surface area (Å²) < 4.78 is 0. The Morgan fingerprint density at radius 2 is 1.86 bits per heavy atom. The fraction of sp³-hybridized carbons (Fsp3) is 0.722. The number of piperidine rings is 1. The van der Waals surface area contributed by atoms with Crippen LogP contribution in [0.1, 0.15) is 45.5 Å².